The van der Waals surface area contributed by atoms with Crippen molar-refractivity contribution in [2.24, 2.45) is 0 Å². The smallest absolute Gasteiger partial charge is 0.282 e. The number of rotatable bonds is 4. The Hall–Kier alpha value is -3.60. The molecule has 2 aromatic heterocycles. The van der Waals surface area contributed by atoms with Crippen molar-refractivity contribution in [1.29, 1.82) is 0 Å². The van der Waals surface area contributed by atoms with Crippen molar-refractivity contribution >= 4 is 11.2 Å². The molecule has 0 radical (unpaired) electrons. The molecule has 0 spiro atoms. The molecule has 2 heterocycles. The standard InChI is InChI=1S/C26H25N3O2/c1-17-22(19-13-15-21(31-2)16-14-19)26(30)29-25(27-17)23(18-9-5-3-6-10-18)24(28-29)20-11-7-4-8-12-20/h4,7-9,11-16,27H,3,5-6,10H2,1-2H3. The van der Waals surface area contributed by atoms with Gasteiger partial charge in [0, 0.05) is 16.8 Å². The van der Waals surface area contributed by atoms with Crippen LogP contribution < -0.4 is 10.3 Å². The van der Waals surface area contributed by atoms with Crippen molar-refractivity contribution in [3.8, 4) is 28.1 Å². The van der Waals surface area contributed by atoms with Gasteiger partial charge in [0.2, 0.25) is 0 Å². The lowest BCUT2D eigenvalue weighted by Crippen LogP contribution is -2.19. The van der Waals surface area contributed by atoms with E-state index in [2.05, 4.69) is 23.2 Å². The van der Waals surface area contributed by atoms with Gasteiger partial charge in [-0.3, -0.25) is 4.79 Å². The van der Waals surface area contributed by atoms with Gasteiger partial charge in [-0.25, -0.2) is 0 Å². The Bertz CT molecular complexity index is 1330. The Morgan fingerprint density at radius 2 is 1.74 bits per heavy atom. The predicted octanol–water partition coefficient (Wildman–Crippen LogP) is 5.63. The second-order valence-corrected chi connectivity index (χ2v) is 7.98. The van der Waals surface area contributed by atoms with E-state index in [0.29, 0.717) is 5.56 Å². The molecule has 1 aliphatic rings. The van der Waals surface area contributed by atoms with Gasteiger partial charge in [0.05, 0.1) is 12.7 Å². The summed E-state index contributed by atoms with van der Waals surface area (Å²) in [5.41, 5.74) is 7.15. The maximum Gasteiger partial charge on any atom is 0.282 e. The predicted molar refractivity (Wildman–Crippen MR) is 124 cm³/mol. The summed E-state index contributed by atoms with van der Waals surface area (Å²) in [7, 11) is 1.63. The maximum absolute atomic E-state index is 13.6. The molecule has 5 heteroatoms. The van der Waals surface area contributed by atoms with E-state index in [9.17, 15) is 4.79 Å². The molecule has 0 saturated carbocycles. The maximum atomic E-state index is 13.6. The van der Waals surface area contributed by atoms with Gasteiger partial charge in [-0.15, -0.1) is 0 Å². The largest absolute Gasteiger partial charge is 0.497 e. The van der Waals surface area contributed by atoms with Crippen LogP contribution in [0.2, 0.25) is 0 Å². The van der Waals surface area contributed by atoms with Crippen molar-refractivity contribution in [3.05, 3.63) is 82.3 Å². The lowest BCUT2D eigenvalue weighted by Gasteiger charge is -2.14. The van der Waals surface area contributed by atoms with Crippen LogP contribution in [-0.2, 0) is 0 Å². The molecular weight excluding hydrogens is 386 g/mol. The van der Waals surface area contributed by atoms with Crippen molar-refractivity contribution < 1.29 is 4.74 Å². The van der Waals surface area contributed by atoms with Crippen LogP contribution in [0.3, 0.4) is 0 Å². The van der Waals surface area contributed by atoms with Gasteiger partial charge in [0.25, 0.3) is 5.56 Å². The quantitative estimate of drug-likeness (QED) is 0.473. The van der Waals surface area contributed by atoms with Gasteiger partial charge in [-0.2, -0.15) is 9.61 Å². The lowest BCUT2D eigenvalue weighted by atomic mass is 9.92. The molecule has 5 rings (SSSR count). The average molecular weight is 412 g/mol. The van der Waals surface area contributed by atoms with Gasteiger partial charge < -0.3 is 9.72 Å². The van der Waals surface area contributed by atoms with E-state index in [1.807, 2.05) is 49.4 Å². The highest BCUT2D eigenvalue weighted by molar-refractivity contribution is 5.88. The van der Waals surface area contributed by atoms with Gasteiger partial charge >= 0.3 is 0 Å². The Labute approximate surface area is 181 Å². The topological polar surface area (TPSA) is 59.4 Å². The first-order chi connectivity index (χ1) is 15.2. The van der Waals surface area contributed by atoms with Crippen molar-refractivity contribution in [2.75, 3.05) is 7.11 Å². The number of methoxy groups -OCH3 is 1. The zero-order valence-corrected chi connectivity index (χ0v) is 17.8. The minimum atomic E-state index is -0.115. The zero-order chi connectivity index (χ0) is 21.4. The number of aromatic amines is 1. The van der Waals surface area contributed by atoms with E-state index in [4.69, 9.17) is 9.84 Å². The van der Waals surface area contributed by atoms with Crippen LogP contribution in [0.15, 0.2) is 65.5 Å². The number of benzene rings is 2. The molecule has 2 aromatic carbocycles. The van der Waals surface area contributed by atoms with Gasteiger partial charge in [0.1, 0.15) is 17.1 Å². The molecule has 4 aromatic rings. The highest BCUT2D eigenvalue weighted by Gasteiger charge is 2.23. The molecule has 0 saturated heterocycles. The van der Waals surface area contributed by atoms with E-state index >= 15 is 0 Å². The lowest BCUT2D eigenvalue weighted by molar-refractivity contribution is 0.415. The number of aromatic nitrogens is 3. The third-order valence-electron chi connectivity index (χ3n) is 6.01. The number of aryl methyl sites for hydroxylation is 1. The summed E-state index contributed by atoms with van der Waals surface area (Å²) < 4.78 is 6.80. The second kappa shape index (κ2) is 7.91. The van der Waals surface area contributed by atoms with Crippen LogP contribution >= 0.6 is 0 Å². The minimum absolute atomic E-state index is 0.115. The summed E-state index contributed by atoms with van der Waals surface area (Å²) in [6.07, 6.45) is 6.74. The Morgan fingerprint density at radius 3 is 2.42 bits per heavy atom. The molecule has 0 bridgehead atoms. The third kappa shape index (κ3) is 3.36. The molecule has 5 nitrogen and oxygen atoms in total. The number of allylic oxidation sites excluding steroid dienone is 2. The Kier molecular flexibility index (Phi) is 4.94. The van der Waals surface area contributed by atoms with Crippen LogP contribution in [0, 0.1) is 6.92 Å². The van der Waals surface area contributed by atoms with E-state index < -0.39 is 0 Å². The summed E-state index contributed by atoms with van der Waals surface area (Å²) >= 11 is 0. The van der Waals surface area contributed by atoms with E-state index in [1.54, 1.807) is 11.6 Å². The van der Waals surface area contributed by atoms with Crippen LogP contribution in [0.5, 0.6) is 5.75 Å². The Morgan fingerprint density at radius 1 is 0.968 bits per heavy atom. The van der Waals surface area contributed by atoms with Crippen LogP contribution in [0.1, 0.15) is 36.9 Å². The molecule has 0 unspecified atom stereocenters. The van der Waals surface area contributed by atoms with Crippen LogP contribution in [0.25, 0.3) is 33.6 Å². The summed E-state index contributed by atoms with van der Waals surface area (Å²) in [6.45, 7) is 1.95. The van der Waals surface area contributed by atoms with Crippen LogP contribution in [-0.4, -0.2) is 21.7 Å². The highest BCUT2D eigenvalue weighted by Crippen LogP contribution is 2.36. The number of hydrogen-bond acceptors (Lipinski definition) is 3. The fourth-order valence-corrected chi connectivity index (χ4v) is 4.45. The molecule has 0 aliphatic heterocycles. The van der Waals surface area contributed by atoms with Crippen molar-refractivity contribution in [3.63, 3.8) is 0 Å². The third-order valence-corrected chi connectivity index (χ3v) is 6.01. The molecule has 0 fully saturated rings. The second-order valence-electron chi connectivity index (χ2n) is 7.98. The minimum Gasteiger partial charge on any atom is -0.497 e. The molecule has 0 atom stereocenters. The SMILES string of the molecule is COc1ccc(-c2c(C)[nH]c3c(C4=CCCCC4)c(-c4ccccc4)nn3c2=O)cc1. The molecule has 1 N–H and O–H groups in total. The average Bonchev–Trinajstić information content (AvgIpc) is 3.20. The van der Waals surface area contributed by atoms with E-state index in [0.717, 1.165) is 58.7 Å². The number of nitrogens with one attached hydrogen (secondary N) is 1. The number of ether oxygens (including phenoxy) is 1. The normalized spacial score (nSPS) is 13.9. The number of nitrogens with zero attached hydrogens (tertiary/aromatic N) is 2. The van der Waals surface area contributed by atoms with Crippen LogP contribution in [0.4, 0.5) is 0 Å². The first kappa shape index (κ1) is 19.4. The van der Waals surface area contributed by atoms with E-state index in [-0.39, 0.29) is 5.56 Å². The number of H-pyrrole nitrogens is 1. The van der Waals surface area contributed by atoms with Gasteiger partial charge in [0.15, 0.2) is 0 Å². The molecule has 0 amide bonds. The number of fused-ring (bicyclic) bond motifs is 1. The molecule has 156 valence electrons. The summed E-state index contributed by atoms with van der Waals surface area (Å²) in [6, 6.07) is 17.7. The van der Waals surface area contributed by atoms with Gasteiger partial charge in [-0.1, -0.05) is 48.5 Å². The molecule has 31 heavy (non-hydrogen) atoms. The first-order valence-electron chi connectivity index (χ1n) is 10.7. The van der Waals surface area contributed by atoms with Crippen molar-refractivity contribution in [2.45, 2.75) is 32.6 Å². The monoisotopic (exact) mass is 411 g/mol. The summed E-state index contributed by atoms with van der Waals surface area (Å²) in [4.78, 5) is 17.1. The zero-order valence-electron chi connectivity index (χ0n) is 17.8. The first-order valence-corrected chi connectivity index (χ1v) is 10.7. The Balaban J connectivity index is 1.78. The molecular formula is C26H25N3O2. The molecule has 1 aliphatic carbocycles. The highest BCUT2D eigenvalue weighted by atomic mass is 16.5. The fourth-order valence-electron chi connectivity index (χ4n) is 4.45. The summed E-state index contributed by atoms with van der Waals surface area (Å²) in [5.74, 6) is 0.760. The van der Waals surface area contributed by atoms with Gasteiger partial charge in [-0.05, 0) is 55.9 Å². The fraction of sp³-hybridized carbons (Fsp3) is 0.231. The van der Waals surface area contributed by atoms with Crippen molar-refractivity contribution in [1.82, 2.24) is 14.6 Å². The summed E-state index contributed by atoms with van der Waals surface area (Å²) in [5, 5.41) is 4.83. The van der Waals surface area contributed by atoms with E-state index in [1.165, 1.54) is 12.0 Å². The number of hydrogen-bond donors (Lipinski definition) is 1.